The summed E-state index contributed by atoms with van der Waals surface area (Å²) in [5, 5.41) is 8.48. The van der Waals surface area contributed by atoms with E-state index in [1.807, 2.05) is 0 Å². The summed E-state index contributed by atoms with van der Waals surface area (Å²) in [7, 11) is -1.89. The molecule has 3 rings (SSSR count). The van der Waals surface area contributed by atoms with Crippen molar-refractivity contribution in [2.75, 3.05) is 33.4 Å². The monoisotopic (exact) mass is 424 g/mol. The van der Waals surface area contributed by atoms with Gasteiger partial charge in [0.2, 0.25) is 10.0 Å². The number of aliphatic imine (C=N–C) groups is 1. The number of nitrogens with two attached hydrogens (primary N) is 1. The van der Waals surface area contributed by atoms with Crippen LogP contribution in [0.3, 0.4) is 0 Å². The lowest BCUT2D eigenvalue weighted by atomic mass is 10.1. The maximum absolute atomic E-state index is 11.3. The number of piperidine rings is 1. The van der Waals surface area contributed by atoms with Gasteiger partial charge in [-0.1, -0.05) is 12.1 Å². The molecule has 8 nitrogen and oxygen atoms in total. The average Bonchev–Trinajstić information content (AvgIpc) is 2.74. The maximum Gasteiger partial charge on any atom is 0.238 e. The smallest absolute Gasteiger partial charge is 0.238 e. The molecule has 2 aliphatic rings. The van der Waals surface area contributed by atoms with E-state index < -0.39 is 10.0 Å². The summed E-state index contributed by atoms with van der Waals surface area (Å²) in [6.07, 6.45) is 5.98. The van der Waals surface area contributed by atoms with Crippen LogP contribution in [0.2, 0.25) is 0 Å². The number of sulfonamides is 1. The number of rotatable bonds is 6. The lowest BCUT2D eigenvalue weighted by Crippen LogP contribution is -2.47. The molecule has 3 N–H and O–H groups in total. The summed E-state index contributed by atoms with van der Waals surface area (Å²) in [5.74, 6) is 0.842. The minimum atomic E-state index is -3.66. The van der Waals surface area contributed by atoms with Gasteiger partial charge in [-0.15, -0.1) is 0 Å². The molecule has 0 aliphatic carbocycles. The third kappa shape index (κ3) is 6.67. The van der Waals surface area contributed by atoms with Crippen molar-refractivity contribution >= 4 is 16.0 Å². The Kier molecular flexibility index (Phi) is 7.88. The zero-order valence-electron chi connectivity index (χ0n) is 17.0. The van der Waals surface area contributed by atoms with Gasteiger partial charge in [0, 0.05) is 33.3 Å². The van der Waals surface area contributed by atoms with Gasteiger partial charge in [-0.05, 0) is 49.8 Å². The third-order valence-corrected chi connectivity index (χ3v) is 6.38. The van der Waals surface area contributed by atoms with Crippen LogP contribution in [0, 0.1) is 0 Å². The van der Waals surface area contributed by atoms with E-state index in [9.17, 15) is 8.42 Å². The fraction of sp³-hybridized carbons (Fsp3) is 0.650. The SMILES string of the molecule is CN=C(NCc1ccc(S(N)(=O)=O)cc1)N1CCC(OCC2CCCCO2)CC1. The van der Waals surface area contributed by atoms with Gasteiger partial charge in [0.05, 0.1) is 23.7 Å². The molecule has 1 aromatic rings. The Morgan fingerprint density at radius 3 is 2.55 bits per heavy atom. The van der Waals surface area contributed by atoms with E-state index in [1.165, 1.54) is 18.6 Å². The van der Waals surface area contributed by atoms with Gasteiger partial charge < -0.3 is 19.7 Å². The standard InChI is InChI=1S/C20H32N4O4S/c1-22-20(23-14-16-5-7-19(8-6-16)29(21,25)26)24-11-9-17(10-12-24)28-15-18-4-2-3-13-27-18/h5-8,17-18H,2-4,9-15H2,1H3,(H,22,23)(H2,21,25,26). The number of nitrogens with zero attached hydrogens (tertiary/aromatic N) is 2. The van der Waals surface area contributed by atoms with Gasteiger partial charge >= 0.3 is 0 Å². The quantitative estimate of drug-likeness (QED) is 0.529. The van der Waals surface area contributed by atoms with Crippen LogP contribution < -0.4 is 10.5 Å². The lowest BCUT2D eigenvalue weighted by Gasteiger charge is -2.35. The number of primary sulfonamides is 1. The molecule has 0 radical (unpaired) electrons. The first-order valence-electron chi connectivity index (χ1n) is 10.3. The molecule has 0 aromatic heterocycles. The first-order valence-corrected chi connectivity index (χ1v) is 11.8. The van der Waals surface area contributed by atoms with Crippen LogP contribution in [0.25, 0.3) is 0 Å². The van der Waals surface area contributed by atoms with Crippen LogP contribution in [0.15, 0.2) is 34.2 Å². The molecule has 1 aromatic carbocycles. The summed E-state index contributed by atoms with van der Waals surface area (Å²) in [6, 6.07) is 6.56. The van der Waals surface area contributed by atoms with Crippen molar-refractivity contribution in [3.05, 3.63) is 29.8 Å². The Hall–Kier alpha value is -1.68. The third-order valence-electron chi connectivity index (χ3n) is 5.45. The summed E-state index contributed by atoms with van der Waals surface area (Å²) in [4.78, 5) is 6.73. The van der Waals surface area contributed by atoms with Gasteiger partial charge in [0.1, 0.15) is 0 Å². The molecule has 2 saturated heterocycles. The van der Waals surface area contributed by atoms with E-state index in [2.05, 4.69) is 15.2 Å². The van der Waals surface area contributed by atoms with E-state index in [4.69, 9.17) is 14.6 Å². The first-order chi connectivity index (χ1) is 14.0. The van der Waals surface area contributed by atoms with Gasteiger partial charge in [-0.2, -0.15) is 0 Å². The molecule has 162 valence electrons. The highest BCUT2D eigenvalue weighted by atomic mass is 32.2. The van der Waals surface area contributed by atoms with Crippen LogP contribution in [-0.4, -0.2) is 64.8 Å². The Balaban J connectivity index is 1.41. The van der Waals surface area contributed by atoms with Gasteiger partial charge in [0.15, 0.2) is 5.96 Å². The number of guanidine groups is 1. The van der Waals surface area contributed by atoms with Crippen molar-refractivity contribution in [3.63, 3.8) is 0 Å². The fourth-order valence-corrected chi connectivity index (χ4v) is 4.24. The normalized spacial score (nSPS) is 21.9. The van der Waals surface area contributed by atoms with Gasteiger partial charge in [0.25, 0.3) is 0 Å². The zero-order valence-corrected chi connectivity index (χ0v) is 17.9. The molecule has 9 heteroatoms. The zero-order chi connectivity index (χ0) is 20.7. The molecule has 1 unspecified atom stereocenters. The summed E-state index contributed by atoms with van der Waals surface area (Å²) in [6.45, 7) is 3.90. The van der Waals surface area contributed by atoms with Crippen LogP contribution in [-0.2, 0) is 26.0 Å². The van der Waals surface area contributed by atoms with Crippen LogP contribution in [0.1, 0.15) is 37.7 Å². The lowest BCUT2D eigenvalue weighted by molar-refractivity contribution is -0.0721. The molecular formula is C20H32N4O4S. The molecule has 2 heterocycles. The summed E-state index contributed by atoms with van der Waals surface area (Å²) < 4.78 is 34.5. The van der Waals surface area contributed by atoms with E-state index in [-0.39, 0.29) is 17.1 Å². The Morgan fingerprint density at radius 1 is 1.24 bits per heavy atom. The van der Waals surface area contributed by atoms with E-state index in [0.717, 1.165) is 56.9 Å². The molecule has 2 fully saturated rings. The molecule has 0 bridgehead atoms. The highest BCUT2D eigenvalue weighted by molar-refractivity contribution is 7.89. The van der Waals surface area contributed by atoms with E-state index in [0.29, 0.717) is 13.2 Å². The van der Waals surface area contributed by atoms with E-state index in [1.54, 1.807) is 19.2 Å². The average molecular weight is 425 g/mol. The largest absolute Gasteiger partial charge is 0.376 e. The van der Waals surface area contributed by atoms with Crippen molar-refractivity contribution in [1.82, 2.24) is 10.2 Å². The predicted octanol–water partition coefficient (Wildman–Crippen LogP) is 1.46. The second-order valence-corrected chi connectivity index (χ2v) is 9.16. The first kappa shape index (κ1) is 22.0. The second kappa shape index (κ2) is 10.4. The van der Waals surface area contributed by atoms with Crippen LogP contribution >= 0.6 is 0 Å². The second-order valence-electron chi connectivity index (χ2n) is 7.60. The molecule has 0 amide bonds. The number of hydrogen-bond donors (Lipinski definition) is 2. The number of hydrogen-bond acceptors (Lipinski definition) is 5. The van der Waals surface area contributed by atoms with Crippen LogP contribution in [0.5, 0.6) is 0 Å². The Bertz CT molecular complexity index is 768. The topological polar surface area (TPSA) is 106 Å². The minimum absolute atomic E-state index is 0.117. The Morgan fingerprint density at radius 2 is 1.97 bits per heavy atom. The van der Waals surface area contributed by atoms with Crippen molar-refractivity contribution < 1.29 is 17.9 Å². The fourth-order valence-electron chi connectivity index (χ4n) is 3.73. The molecule has 1 atom stereocenters. The molecule has 0 saturated carbocycles. The minimum Gasteiger partial charge on any atom is -0.376 e. The number of likely N-dealkylation sites (tertiary alicyclic amines) is 1. The van der Waals surface area contributed by atoms with Crippen molar-refractivity contribution in [3.8, 4) is 0 Å². The summed E-state index contributed by atoms with van der Waals surface area (Å²) in [5.41, 5.74) is 0.962. The van der Waals surface area contributed by atoms with Crippen molar-refractivity contribution in [2.24, 2.45) is 10.1 Å². The van der Waals surface area contributed by atoms with Crippen LogP contribution in [0.4, 0.5) is 0 Å². The highest BCUT2D eigenvalue weighted by Crippen LogP contribution is 2.18. The summed E-state index contributed by atoms with van der Waals surface area (Å²) >= 11 is 0. The van der Waals surface area contributed by atoms with E-state index >= 15 is 0 Å². The predicted molar refractivity (Wildman–Crippen MR) is 112 cm³/mol. The Labute approximate surface area is 173 Å². The molecular weight excluding hydrogens is 392 g/mol. The molecule has 0 spiro atoms. The van der Waals surface area contributed by atoms with Gasteiger partial charge in [-0.3, -0.25) is 4.99 Å². The number of benzene rings is 1. The van der Waals surface area contributed by atoms with Gasteiger partial charge in [-0.25, -0.2) is 13.6 Å². The molecule has 29 heavy (non-hydrogen) atoms. The highest BCUT2D eigenvalue weighted by Gasteiger charge is 2.23. The number of ether oxygens (including phenoxy) is 2. The van der Waals surface area contributed by atoms with Crippen molar-refractivity contribution in [2.45, 2.75) is 55.8 Å². The maximum atomic E-state index is 11.3. The molecule has 2 aliphatic heterocycles. The number of nitrogens with one attached hydrogen (secondary N) is 1. The van der Waals surface area contributed by atoms with Crippen molar-refractivity contribution in [1.29, 1.82) is 0 Å².